The van der Waals surface area contributed by atoms with Crippen molar-refractivity contribution in [2.24, 2.45) is 0 Å². The molecule has 96 valence electrons. The third-order valence-corrected chi connectivity index (χ3v) is 8.03. The molecule has 0 aliphatic carbocycles. The van der Waals surface area contributed by atoms with Crippen molar-refractivity contribution in [3.05, 3.63) is 29.1 Å². The van der Waals surface area contributed by atoms with Crippen molar-refractivity contribution in [1.82, 2.24) is 4.98 Å². The number of pyridine rings is 1. The summed E-state index contributed by atoms with van der Waals surface area (Å²) in [5.41, 5.74) is 3.37. The van der Waals surface area contributed by atoms with E-state index in [1.807, 2.05) is 13.8 Å². The lowest BCUT2D eigenvalue weighted by molar-refractivity contribution is 0.276. The summed E-state index contributed by atoms with van der Waals surface area (Å²) in [5.74, 6) is 0. The van der Waals surface area contributed by atoms with Crippen LogP contribution < -0.4 is 0 Å². The molecule has 0 radical (unpaired) electrons. The van der Waals surface area contributed by atoms with E-state index in [4.69, 9.17) is 4.43 Å². The molecule has 1 aromatic rings. The quantitative estimate of drug-likeness (QED) is 0.750. The van der Waals surface area contributed by atoms with Crippen LogP contribution in [0.25, 0.3) is 0 Å². The van der Waals surface area contributed by atoms with Crippen molar-refractivity contribution in [3.8, 4) is 0 Å². The molecule has 0 unspecified atom stereocenters. The van der Waals surface area contributed by atoms with Crippen molar-refractivity contribution in [3.63, 3.8) is 0 Å². The number of hydrogen-bond donors (Lipinski definition) is 0. The number of nitrogens with zero attached hydrogens (tertiary/aromatic N) is 1. The van der Waals surface area contributed by atoms with Gasteiger partial charge in [0.1, 0.15) is 0 Å². The molecule has 0 spiro atoms. The summed E-state index contributed by atoms with van der Waals surface area (Å²) in [6.45, 7) is 16.1. The van der Waals surface area contributed by atoms with E-state index >= 15 is 0 Å². The minimum Gasteiger partial charge on any atom is -0.413 e. The van der Waals surface area contributed by atoms with Crippen LogP contribution in [0, 0.1) is 13.8 Å². The summed E-state index contributed by atoms with van der Waals surface area (Å²) in [7, 11) is -1.64. The SMILES string of the molecule is Cc1cc(CO[Si](C)(C)C(C)(C)C)cc(C)n1. The molecular formula is C14H25NOSi. The summed E-state index contributed by atoms with van der Waals surface area (Å²) in [5, 5.41) is 0.268. The molecule has 0 fully saturated rings. The third kappa shape index (κ3) is 3.93. The van der Waals surface area contributed by atoms with E-state index in [0.717, 1.165) is 11.4 Å². The second-order valence-corrected chi connectivity index (χ2v) is 11.1. The van der Waals surface area contributed by atoms with Gasteiger partial charge in [-0.05, 0) is 49.7 Å². The van der Waals surface area contributed by atoms with E-state index in [-0.39, 0.29) is 5.04 Å². The van der Waals surface area contributed by atoms with Crippen LogP contribution in [0.1, 0.15) is 37.7 Å². The Balaban J connectivity index is 2.74. The van der Waals surface area contributed by atoms with Gasteiger partial charge >= 0.3 is 0 Å². The van der Waals surface area contributed by atoms with E-state index < -0.39 is 8.32 Å². The van der Waals surface area contributed by atoms with Crippen molar-refractivity contribution >= 4 is 8.32 Å². The van der Waals surface area contributed by atoms with Gasteiger partial charge in [0.15, 0.2) is 8.32 Å². The molecule has 0 N–H and O–H groups in total. The molecule has 0 aliphatic heterocycles. The summed E-state index contributed by atoms with van der Waals surface area (Å²) < 4.78 is 6.20. The summed E-state index contributed by atoms with van der Waals surface area (Å²) >= 11 is 0. The third-order valence-electron chi connectivity index (χ3n) is 3.55. The number of rotatable bonds is 3. The van der Waals surface area contributed by atoms with Gasteiger partial charge in [-0.3, -0.25) is 4.98 Å². The minimum absolute atomic E-state index is 0.268. The molecule has 0 saturated heterocycles. The van der Waals surface area contributed by atoms with Gasteiger partial charge in [-0.1, -0.05) is 20.8 Å². The molecule has 0 aromatic carbocycles. The van der Waals surface area contributed by atoms with Gasteiger partial charge < -0.3 is 4.43 Å². The van der Waals surface area contributed by atoms with E-state index in [0.29, 0.717) is 6.61 Å². The van der Waals surface area contributed by atoms with Crippen LogP contribution >= 0.6 is 0 Å². The van der Waals surface area contributed by atoms with E-state index in [1.165, 1.54) is 5.56 Å². The Kier molecular flexibility index (Phi) is 4.15. The molecule has 1 heterocycles. The van der Waals surface area contributed by atoms with Crippen LogP contribution in [-0.2, 0) is 11.0 Å². The number of hydrogen-bond acceptors (Lipinski definition) is 2. The van der Waals surface area contributed by atoms with Crippen molar-refractivity contribution in [2.45, 2.75) is 59.4 Å². The molecule has 0 bridgehead atoms. The molecule has 0 saturated carbocycles. The zero-order valence-corrected chi connectivity index (χ0v) is 13.2. The maximum atomic E-state index is 6.20. The Morgan fingerprint density at radius 1 is 1.12 bits per heavy atom. The van der Waals surface area contributed by atoms with Crippen LogP contribution in [0.4, 0.5) is 0 Å². The monoisotopic (exact) mass is 251 g/mol. The van der Waals surface area contributed by atoms with Crippen LogP contribution in [0.2, 0.25) is 18.1 Å². The first-order chi connectivity index (χ1) is 7.62. The lowest BCUT2D eigenvalue weighted by Gasteiger charge is -2.36. The lowest BCUT2D eigenvalue weighted by Crippen LogP contribution is -2.40. The number of aryl methyl sites for hydroxylation is 2. The average molecular weight is 251 g/mol. The van der Waals surface area contributed by atoms with Gasteiger partial charge in [0.05, 0.1) is 6.61 Å². The molecule has 1 rings (SSSR count). The first kappa shape index (κ1) is 14.4. The second kappa shape index (κ2) is 4.90. The smallest absolute Gasteiger partial charge is 0.192 e. The highest BCUT2D eigenvalue weighted by Gasteiger charge is 2.36. The van der Waals surface area contributed by atoms with Crippen molar-refractivity contribution in [2.75, 3.05) is 0 Å². The summed E-state index contributed by atoms with van der Waals surface area (Å²) in [4.78, 5) is 4.38. The van der Waals surface area contributed by atoms with Gasteiger partial charge in [-0.25, -0.2) is 0 Å². The van der Waals surface area contributed by atoms with Gasteiger partial charge in [0, 0.05) is 11.4 Å². The molecular weight excluding hydrogens is 226 g/mol. The molecule has 0 atom stereocenters. The standard InChI is InChI=1S/C14H25NOSi/c1-11-8-13(9-12(2)15-11)10-16-17(6,7)14(3,4)5/h8-9H,10H2,1-7H3. The molecule has 0 aliphatic rings. The predicted molar refractivity (Wildman–Crippen MR) is 75.7 cm³/mol. The largest absolute Gasteiger partial charge is 0.413 e. The van der Waals surface area contributed by atoms with E-state index in [2.05, 4.69) is 51.0 Å². The highest BCUT2D eigenvalue weighted by atomic mass is 28.4. The molecule has 17 heavy (non-hydrogen) atoms. The maximum absolute atomic E-state index is 6.20. The van der Waals surface area contributed by atoms with E-state index in [9.17, 15) is 0 Å². The first-order valence-corrected chi connectivity index (χ1v) is 9.11. The topological polar surface area (TPSA) is 22.1 Å². The maximum Gasteiger partial charge on any atom is 0.192 e. The van der Waals surface area contributed by atoms with Gasteiger partial charge in [0.25, 0.3) is 0 Å². The Hall–Kier alpha value is -0.673. The molecule has 3 heteroatoms. The number of aromatic nitrogens is 1. The molecule has 0 amide bonds. The molecule has 2 nitrogen and oxygen atoms in total. The average Bonchev–Trinajstić information content (AvgIpc) is 2.11. The second-order valence-electron chi connectivity index (χ2n) is 6.31. The summed E-state index contributed by atoms with van der Waals surface area (Å²) in [6, 6.07) is 4.22. The molecule has 1 aromatic heterocycles. The Labute approximate surface area is 107 Å². The zero-order chi connectivity index (χ0) is 13.3. The highest BCUT2D eigenvalue weighted by Crippen LogP contribution is 2.37. The lowest BCUT2D eigenvalue weighted by atomic mass is 10.2. The fraction of sp³-hybridized carbons (Fsp3) is 0.643. The van der Waals surface area contributed by atoms with Crippen LogP contribution in [0.5, 0.6) is 0 Å². The van der Waals surface area contributed by atoms with Crippen LogP contribution in [0.15, 0.2) is 12.1 Å². The van der Waals surface area contributed by atoms with E-state index in [1.54, 1.807) is 0 Å². The van der Waals surface area contributed by atoms with Crippen molar-refractivity contribution < 1.29 is 4.43 Å². The van der Waals surface area contributed by atoms with Crippen LogP contribution in [-0.4, -0.2) is 13.3 Å². The zero-order valence-electron chi connectivity index (χ0n) is 12.2. The van der Waals surface area contributed by atoms with Gasteiger partial charge in [-0.15, -0.1) is 0 Å². The Morgan fingerprint density at radius 2 is 1.59 bits per heavy atom. The Bertz CT molecular complexity index is 373. The summed E-state index contributed by atoms with van der Waals surface area (Å²) in [6.07, 6.45) is 0. The van der Waals surface area contributed by atoms with Crippen molar-refractivity contribution in [1.29, 1.82) is 0 Å². The minimum atomic E-state index is -1.64. The van der Waals surface area contributed by atoms with Crippen LogP contribution in [0.3, 0.4) is 0 Å². The predicted octanol–water partition coefficient (Wildman–Crippen LogP) is 4.22. The van der Waals surface area contributed by atoms with Gasteiger partial charge in [0.2, 0.25) is 0 Å². The Morgan fingerprint density at radius 3 is 2.00 bits per heavy atom. The van der Waals surface area contributed by atoms with Gasteiger partial charge in [-0.2, -0.15) is 0 Å². The highest BCUT2D eigenvalue weighted by molar-refractivity contribution is 6.74. The normalized spacial score (nSPS) is 12.9. The first-order valence-electron chi connectivity index (χ1n) is 6.20. The fourth-order valence-corrected chi connectivity index (χ4v) is 2.45. The fourth-order valence-electron chi connectivity index (χ4n) is 1.48.